The molecule has 2 fully saturated rings. The SMILES string of the molecule is CC(=O)O[C@H]1[C@@H](OC(C)=O)[C@]2(O[C@@H]1CO)C(=O)NC(=O)N2C(C)=O. The van der Waals surface area contributed by atoms with Gasteiger partial charge in [0.05, 0.1) is 6.61 Å². The minimum absolute atomic E-state index is 0.440. The Kier molecular flexibility index (Phi) is 4.58. The summed E-state index contributed by atoms with van der Waals surface area (Å²) < 4.78 is 15.4. The zero-order valence-electron chi connectivity index (χ0n) is 13.1. The molecule has 132 valence electrons. The van der Waals surface area contributed by atoms with Gasteiger partial charge in [-0.15, -0.1) is 0 Å². The Hall–Kier alpha value is -2.53. The summed E-state index contributed by atoms with van der Waals surface area (Å²) in [5.74, 6) is -3.59. The van der Waals surface area contributed by atoms with E-state index in [-0.39, 0.29) is 0 Å². The molecule has 2 aliphatic heterocycles. The van der Waals surface area contributed by atoms with Gasteiger partial charge in [-0.1, -0.05) is 0 Å². The zero-order chi connectivity index (χ0) is 18.2. The van der Waals surface area contributed by atoms with E-state index in [1.54, 1.807) is 0 Å². The van der Waals surface area contributed by atoms with Gasteiger partial charge in [0.15, 0.2) is 12.2 Å². The second kappa shape index (κ2) is 6.17. The standard InChI is InChI=1S/C13H16N2O9/c1-5(17)15-12(21)14-11(20)13(15)10(23-7(3)19)9(22-6(2)18)8(4-16)24-13/h8-10,16H,4H2,1-3H3,(H,14,20,21)/t8-,9-,10-,13+/m1/s1. The highest BCUT2D eigenvalue weighted by Crippen LogP contribution is 2.41. The van der Waals surface area contributed by atoms with E-state index in [1.807, 2.05) is 5.32 Å². The van der Waals surface area contributed by atoms with E-state index >= 15 is 0 Å². The Morgan fingerprint density at radius 3 is 2.25 bits per heavy atom. The van der Waals surface area contributed by atoms with Gasteiger partial charge >= 0.3 is 18.0 Å². The van der Waals surface area contributed by atoms with E-state index < -0.39 is 60.4 Å². The molecule has 2 saturated heterocycles. The van der Waals surface area contributed by atoms with Gasteiger partial charge in [-0.2, -0.15) is 0 Å². The van der Waals surface area contributed by atoms with Crippen molar-refractivity contribution in [3.63, 3.8) is 0 Å². The first-order valence-electron chi connectivity index (χ1n) is 6.94. The molecule has 2 rings (SSSR count). The number of carbonyl (C=O) groups is 5. The average molecular weight is 344 g/mol. The second-order valence-electron chi connectivity index (χ2n) is 5.25. The number of aliphatic hydroxyl groups excluding tert-OH is 1. The maximum atomic E-state index is 12.3. The van der Waals surface area contributed by atoms with Crippen LogP contribution in [0.3, 0.4) is 0 Å². The van der Waals surface area contributed by atoms with Gasteiger partial charge < -0.3 is 19.3 Å². The summed E-state index contributed by atoms with van der Waals surface area (Å²) in [6.07, 6.45) is -4.32. The molecule has 0 aromatic rings. The Labute approximate surface area is 135 Å². The average Bonchev–Trinajstić information content (AvgIpc) is 2.86. The van der Waals surface area contributed by atoms with Gasteiger partial charge in [-0.3, -0.25) is 24.5 Å². The smallest absolute Gasteiger partial charge is 0.333 e. The number of nitrogens with zero attached hydrogens (tertiary/aromatic N) is 1. The highest BCUT2D eigenvalue weighted by Gasteiger charge is 2.71. The topological polar surface area (TPSA) is 149 Å². The molecule has 0 aromatic carbocycles. The van der Waals surface area contributed by atoms with Crippen molar-refractivity contribution < 1.29 is 43.3 Å². The summed E-state index contributed by atoms with van der Waals surface area (Å²) in [6.45, 7) is 2.37. The number of amides is 4. The highest BCUT2D eigenvalue weighted by molar-refractivity contribution is 6.13. The number of rotatable bonds is 3. The highest BCUT2D eigenvalue weighted by atomic mass is 16.7. The van der Waals surface area contributed by atoms with E-state index in [9.17, 15) is 29.1 Å². The van der Waals surface area contributed by atoms with Crippen molar-refractivity contribution in [2.24, 2.45) is 0 Å². The lowest BCUT2D eigenvalue weighted by Gasteiger charge is -2.33. The summed E-state index contributed by atoms with van der Waals surface area (Å²) in [5, 5.41) is 11.3. The van der Waals surface area contributed by atoms with Gasteiger partial charge in [0, 0.05) is 20.8 Å². The summed E-state index contributed by atoms with van der Waals surface area (Å²) in [6, 6.07) is -1.08. The molecule has 0 aliphatic carbocycles. The van der Waals surface area contributed by atoms with E-state index in [0.29, 0.717) is 4.90 Å². The summed E-state index contributed by atoms with van der Waals surface area (Å²) in [7, 11) is 0. The van der Waals surface area contributed by atoms with Crippen molar-refractivity contribution in [3.8, 4) is 0 Å². The molecular weight excluding hydrogens is 328 g/mol. The van der Waals surface area contributed by atoms with Crippen LogP contribution in [0.15, 0.2) is 0 Å². The van der Waals surface area contributed by atoms with Crippen LogP contribution in [0.25, 0.3) is 0 Å². The van der Waals surface area contributed by atoms with Gasteiger partial charge in [-0.25, -0.2) is 9.69 Å². The maximum Gasteiger partial charge on any atom is 0.333 e. The number of hydrogen-bond acceptors (Lipinski definition) is 9. The monoisotopic (exact) mass is 344 g/mol. The molecule has 2 N–H and O–H groups in total. The minimum atomic E-state index is -2.36. The Morgan fingerprint density at radius 1 is 1.21 bits per heavy atom. The number of carbonyl (C=O) groups excluding carboxylic acids is 5. The first-order chi connectivity index (χ1) is 11.1. The lowest BCUT2D eigenvalue weighted by molar-refractivity contribution is -0.191. The molecule has 11 nitrogen and oxygen atoms in total. The summed E-state index contributed by atoms with van der Waals surface area (Å²) in [4.78, 5) is 59.3. The molecule has 1 spiro atoms. The Balaban J connectivity index is 2.58. The molecule has 0 saturated carbocycles. The number of aliphatic hydroxyl groups is 1. The van der Waals surface area contributed by atoms with Gasteiger partial charge in [0.1, 0.15) is 6.10 Å². The van der Waals surface area contributed by atoms with Gasteiger partial charge in [0.2, 0.25) is 5.91 Å². The molecule has 0 unspecified atom stereocenters. The number of imide groups is 2. The summed E-state index contributed by atoms with van der Waals surface area (Å²) >= 11 is 0. The molecule has 0 bridgehead atoms. The van der Waals surface area contributed by atoms with Crippen LogP contribution in [-0.4, -0.2) is 70.4 Å². The number of hydrogen-bond donors (Lipinski definition) is 2. The van der Waals surface area contributed by atoms with Crippen molar-refractivity contribution in [2.45, 2.75) is 44.8 Å². The zero-order valence-corrected chi connectivity index (χ0v) is 13.1. The van der Waals surface area contributed by atoms with Crippen molar-refractivity contribution in [1.29, 1.82) is 0 Å². The minimum Gasteiger partial charge on any atom is -0.455 e. The lowest BCUT2D eigenvalue weighted by atomic mass is 10.0. The van der Waals surface area contributed by atoms with E-state index in [2.05, 4.69) is 0 Å². The fourth-order valence-electron chi connectivity index (χ4n) is 2.81. The Bertz CT molecular complexity index is 619. The lowest BCUT2D eigenvalue weighted by Crippen LogP contribution is -2.61. The maximum absolute atomic E-state index is 12.3. The largest absolute Gasteiger partial charge is 0.455 e. The third-order valence-electron chi connectivity index (χ3n) is 3.55. The van der Waals surface area contributed by atoms with Crippen LogP contribution >= 0.6 is 0 Å². The van der Waals surface area contributed by atoms with Crippen LogP contribution in [0.5, 0.6) is 0 Å². The molecule has 4 atom stereocenters. The van der Waals surface area contributed by atoms with Gasteiger partial charge in [-0.05, 0) is 0 Å². The fourth-order valence-corrected chi connectivity index (χ4v) is 2.81. The van der Waals surface area contributed by atoms with E-state index in [4.69, 9.17) is 14.2 Å². The van der Waals surface area contributed by atoms with Crippen LogP contribution in [0, 0.1) is 0 Å². The normalized spacial score (nSPS) is 32.0. The Morgan fingerprint density at radius 2 is 1.79 bits per heavy atom. The molecule has 24 heavy (non-hydrogen) atoms. The van der Waals surface area contributed by atoms with Crippen LogP contribution in [0.1, 0.15) is 20.8 Å². The van der Waals surface area contributed by atoms with Crippen LogP contribution in [-0.2, 0) is 33.4 Å². The predicted molar refractivity (Wildman–Crippen MR) is 71.9 cm³/mol. The van der Waals surface area contributed by atoms with Crippen LogP contribution in [0.4, 0.5) is 4.79 Å². The molecular formula is C13H16N2O9. The molecule has 2 aliphatic rings. The molecule has 0 aromatic heterocycles. The van der Waals surface area contributed by atoms with Crippen molar-refractivity contribution in [2.75, 3.05) is 6.61 Å². The first-order valence-corrected chi connectivity index (χ1v) is 6.94. The van der Waals surface area contributed by atoms with Crippen LogP contribution in [0.2, 0.25) is 0 Å². The number of esters is 2. The molecule has 4 amide bonds. The third kappa shape index (κ3) is 2.61. The summed E-state index contributed by atoms with van der Waals surface area (Å²) in [5.41, 5.74) is -2.36. The first kappa shape index (κ1) is 17.8. The van der Waals surface area contributed by atoms with Crippen molar-refractivity contribution >= 4 is 29.8 Å². The molecule has 11 heteroatoms. The predicted octanol–water partition coefficient (Wildman–Crippen LogP) is -1.96. The second-order valence-corrected chi connectivity index (χ2v) is 5.25. The fraction of sp³-hybridized carbons (Fsp3) is 0.615. The third-order valence-corrected chi connectivity index (χ3v) is 3.55. The van der Waals surface area contributed by atoms with E-state index in [0.717, 1.165) is 20.8 Å². The molecule has 2 heterocycles. The molecule has 0 radical (unpaired) electrons. The number of ether oxygens (including phenoxy) is 3. The number of urea groups is 1. The van der Waals surface area contributed by atoms with E-state index in [1.165, 1.54) is 0 Å². The van der Waals surface area contributed by atoms with Crippen molar-refractivity contribution in [1.82, 2.24) is 10.2 Å². The number of nitrogens with one attached hydrogen (secondary N) is 1. The van der Waals surface area contributed by atoms with Crippen LogP contribution < -0.4 is 5.32 Å². The van der Waals surface area contributed by atoms with Gasteiger partial charge in [0.25, 0.3) is 11.6 Å². The van der Waals surface area contributed by atoms with Crippen molar-refractivity contribution in [3.05, 3.63) is 0 Å². The quantitative estimate of drug-likeness (QED) is 0.439.